The van der Waals surface area contributed by atoms with Crippen LogP contribution in [0.2, 0.25) is 0 Å². The van der Waals surface area contributed by atoms with Crippen LogP contribution in [-0.4, -0.2) is 42.3 Å². The molecule has 5 heteroatoms. The molecule has 1 unspecified atom stereocenters. The third kappa shape index (κ3) is 5.02. The van der Waals surface area contributed by atoms with E-state index >= 15 is 0 Å². The Morgan fingerprint density at radius 1 is 1.06 bits per heavy atom. The number of terminal acetylenes is 1. The molecule has 1 aliphatic rings. The standard InChI is InChI=1S/C28H27NO4/c1-3-17-33-25-14-13-23(18-26(25)32-2)24-15-16-29(27(24)28(30)31)19-20-9-11-22(12-10-20)21-7-5-4-6-8-21/h1,4-14,18,24,27H,15-17,19H2,2H3,(H,30,31)/t24?,27-/m0/s1. The zero-order valence-electron chi connectivity index (χ0n) is 18.6. The molecular formula is C28H27NO4. The Balaban J connectivity index is 1.51. The van der Waals surface area contributed by atoms with E-state index in [1.54, 1.807) is 13.2 Å². The van der Waals surface area contributed by atoms with Gasteiger partial charge in [0.2, 0.25) is 0 Å². The Hall–Kier alpha value is -3.75. The zero-order valence-corrected chi connectivity index (χ0v) is 18.6. The summed E-state index contributed by atoms with van der Waals surface area (Å²) in [6, 6.07) is 23.5. The average molecular weight is 442 g/mol. The van der Waals surface area contributed by atoms with Crippen molar-refractivity contribution in [3.05, 3.63) is 83.9 Å². The molecule has 1 fully saturated rings. The number of carbonyl (C=O) groups is 1. The van der Waals surface area contributed by atoms with Crippen LogP contribution in [0, 0.1) is 12.3 Å². The maximum atomic E-state index is 12.3. The molecule has 5 nitrogen and oxygen atoms in total. The molecular weight excluding hydrogens is 414 g/mol. The lowest BCUT2D eigenvalue weighted by Gasteiger charge is -2.25. The first-order chi connectivity index (χ1) is 16.1. The molecule has 1 saturated heterocycles. The molecule has 0 spiro atoms. The Morgan fingerprint density at radius 3 is 2.45 bits per heavy atom. The van der Waals surface area contributed by atoms with Gasteiger partial charge in [-0.25, -0.2) is 0 Å². The molecule has 0 amide bonds. The number of likely N-dealkylation sites (tertiary alicyclic amines) is 1. The van der Waals surface area contributed by atoms with E-state index in [1.165, 1.54) is 0 Å². The van der Waals surface area contributed by atoms with Crippen molar-refractivity contribution in [2.24, 2.45) is 0 Å². The topological polar surface area (TPSA) is 59.0 Å². The first-order valence-corrected chi connectivity index (χ1v) is 11.0. The first kappa shape index (κ1) is 22.4. The van der Waals surface area contributed by atoms with Crippen LogP contribution in [0.1, 0.15) is 23.5 Å². The summed E-state index contributed by atoms with van der Waals surface area (Å²) in [5.74, 6) is 2.60. The van der Waals surface area contributed by atoms with Crippen LogP contribution in [-0.2, 0) is 11.3 Å². The van der Waals surface area contributed by atoms with Crippen molar-refractivity contribution in [3.8, 4) is 35.0 Å². The number of methoxy groups -OCH3 is 1. The fourth-order valence-corrected chi connectivity index (χ4v) is 4.53. The van der Waals surface area contributed by atoms with Gasteiger partial charge < -0.3 is 14.6 Å². The van der Waals surface area contributed by atoms with Crippen LogP contribution >= 0.6 is 0 Å². The lowest BCUT2D eigenvalue weighted by Crippen LogP contribution is -2.38. The zero-order chi connectivity index (χ0) is 23.2. The number of aliphatic carboxylic acids is 1. The molecule has 1 N–H and O–H groups in total. The maximum Gasteiger partial charge on any atom is 0.321 e. The summed E-state index contributed by atoms with van der Waals surface area (Å²) in [7, 11) is 1.57. The van der Waals surface area contributed by atoms with E-state index in [0.717, 1.165) is 28.7 Å². The molecule has 168 valence electrons. The van der Waals surface area contributed by atoms with Gasteiger partial charge in [-0.3, -0.25) is 9.69 Å². The second-order valence-corrected chi connectivity index (χ2v) is 8.11. The van der Waals surface area contributed by atoms with Gasteiger partial charge in [0, 0.05) is 19.0 Å². The van der Waals surface area contributed by atoms with Crippen molar-refractivity contribution >= 4 is 5.97 Å². The molecule has 0 saturated carbocycles. The lowest BCUT2D eigenvalue weighted by molar-refractivity contribution is -0.142. The Morgan fingerprint density at radius 2 is 1.79 bits per heavy atom. The quantitative estimate of drug-likeness (QED) is 0.508. The Kier molecular flexibility index (Phi) is 6.97. The van der Waals surface area contributed by atoms with Gasteiger partial charge in [0.25, 0.3) is 0 Å². The molecule has 3 aromatic carbocycles. The van der Waals surface area contributed by atoms with Gasteiger partial charge in [-0.15, -0.1) is 6.42 Å². The molecule has 0 bridgehead atoms. The summed E-state index contributed by atoms with van der Waals surface area (Å²) < 4.78 is 11.0. The van der Waals surface area contributed by atoms with Crippen molar-refractivity contribution in [2.75, 3.05) is 20.3 Å². The minimum Gasteiger partial charge on any atom is -0.493 e. The van der Waals surface area contributed by atoms with Gasteiger partial charge >= 0.3 is 5.97 Å². The molecule has 1 aliphatic heterocycles. The SMILES string of the molecule is C#CCOc1ccc(C2CCN(Cc3ccc(-c4ccccc4)cc3)[C@@H]2C(=O)O)cc1OC. The maximum absolute atomic E-state index is 12.3. The highest BCUT2D eigenvalue weighted by Gasteiger charge is 2.40. The summed E-state index contributed by atoms with van der Waals surface area (Å²) >= 11 is 0. The van der Waals surface area contributed by atoms with E-state index < -0.39 is 12.0 Å². The molecule has 1 heterocycles. The normalized spacial score (nSPS) is 17.9. The highest BCUT2D eigenvalue weighted by Crippen LogP contribution is 2.38. The predicted molar refractivity (Wildman–Crippen MR) is 128 cm³/mol. The second kappa shape index (κ2) is 10.2. The van der Waals surface area contributed by atoms with Crippen LogP contribution in [0.5, 0.6) is 11.5 Å². The molecule has 4 rings (SSSR count). The molecule has 0 aromatic heterocycles. The smallest absolute Gasteiger partial charge is 0.321 e. The predicted octanol–water partition coefficient (Wildman–Crippen LogP) is 4.82. The number of carboxylic acids is 1. The summed E-state index contributed by atoms with van der Waals surface area (Å²) in [6.07, 6.45) is 6.04. The minimum atomic E-state index is -0.815. The Bertz CT molecular complexity index is 1130. The number of carboxylic acid groups (broad SMARTS) is 1. The molecule has 0 aliphatic carbocycles. The van der Waals surface area contributed by atoms with Crippen molar-refractivity contribution in [3.63, 3.8) is 0 Å². The Labute approximate surface area is 194 Å². The molecule has 0 radical (unpaired) electrons. The monoisotopic (exact) mass is 441 g/mol. The largest absolute Gasteiger partial charge is 0.493 e. The highest BCUT2D eigenvalue weighted by molar-refractivity contribution is 5.76. The summed E-state index contributed by atoms with van der Waals surface area (Å²) in [6.45, 7) is 1.44. The van der Waals surface area contributed by atoms with Crippen LogP contribution in [0.15, 0.2) is 72.8 Å². The van der Waals surface area contributed by atoms with Gasteiger partial charge in [-0.1, -0.05) is 66.6 Å². The fraction of sp³-hybridized carbons (Fsp3) is 0.250. The van der Waals surface area contributed by atoms with Gasteiger partial charge in [0.05, 0.1) is 7.11 Å². The van der Waals surface area contributed by atoms with Gasteiger partial charge in [-0.05, 0) is 40.8 Å². The third-order valence-electron chi connectivity index (χ3n) is 6.13. The van der Waals surface area contributed by atoms with E-state index in [4.69, 9.17) is 15.9 Å². The van der Waals surface area contributed by atoms with Crippen molar-refractivity contribution < 1.29 is 19.4 Å². The first-order valence-electron chi connectivity index (χ1n) is 11.0. The highest BCUT2D eigenvalue weighted by atomic mass is 16.5. The van der Waals surface area contributed by atoms with E-state index in [0.29, 0.717) is 24.6 Å². The summed E-state index contributed by atoms with van der Waals surface area (Å²) in [5, 5.41) is 10.1. The van der Waals surface area contributed by atoms with Gasteiger partial charge in [-0.2, -0.15) is 0 Å². The summed E-state index contributed by atoms with van der Waals surface area (Å²) in [4.78, 5) is 14.3. The minimum absolute atomic E-state index is 0.137. The van der Waals surface area contributed by atoms with Crippen molar-refractivity contribution in [1.29, 1.82) is 0 Å². The fourth-order valence-electron chi connectivity index (χ4n) is 4.53. The number of ether oxygens (including phenoxy) is 2. The molecule has 2 atom stereocenters. The van der Waals surface area contributed by atoms with Crippen LogP contribution in [0.25, 0.3) is 11.1 Å². The van der Waals surface area contributed by atoms with Gasteiger partial charge in [0.1, 0.15) is 12.6 Å². The summed E-state index contributed by atoms with van der Waals surface area (Å²) in [5.41, 5.74) is 4.33. The number of nitrogens with zero attached hydrogens (tertiary/aromatic N) is 1. The molecule has 33 heavy (non-hydrogen) atoms. The third-order valence-corrected chi connectivity index (χ3v) is 6.13. The van der Waals surface area contributed by atoms with Crippen LogP contribution in [0.4, 0.5) is 0 Å². The average Bonchev–Trinajstić information content (AvgIpc) is 3.27. The van der Waals surface area contributed by atoms with Crippen molar-refractivity contribution in [1.82, 2.24) is 4.90 Å². The number of benzene rings is 3. The van der Waals surface area contributed by atoms with E-state index in [1.807, 2.05) is 35.2 Å². The second-order valence-electron chi connectivity index (χ2n) is 8.11. The van der Waals surface area contributed by atoms with Crippen LogP contribution in [0.3, 0.4) is 0 Å². The van der Waals surface area contributed by atoms with E-state index in [2.05, 4.69) is 42.3 Å². The van der Waals surface area contributed by atoms with Gasteiger partial charge in [0.15, 0.2) is 11.5 Å². The van der Waals surface area contributed by atoms with E-state index in [9.17, 15) is 9.90 Å². The van der Waals surface area contributed by atoms with E-state index in [-0.39, 0.29) is 12.5 Å². The number of hydrogen-bond acceptors (Lipinski definition) is 4. The lowest BCUT2D eigenvalue weighted by atomic mass is 9.91. The number of hydrogen-bond donors (Lipinski definition) is 1. The molecule has 3 aromatic rings. The number of rotatable bonds is 8. The van der Waals surface area contributed by atoms with Crippen molar-refractivity contribution in [2.45, 2.75) is 24.9 Å². The van der Waals surface area contributed by atoms with Crippen LogP contribution < -0.4 is 9.47 Å².